The second-order valence-electron chi connectivity index (χ2n) is 3.95. The number of anilines is 2. The number of hydrogen-bond acceptors (Lipinski definition) is 3. The van der Waals surface area contributed by atoms with Crippen LogP contribution in [0.15, 0.2) is 0 Å². The molecule has 1 heterocycles. The number of nitrogen functional groups attached to an aromatic ring is 1. The zero-order valence-corrected chi connectivity index (χ0v) is 8.73. The molecule has 1 rings (SSSR count). The molecule has 0 unspecified atom stereocenters. The van der Waals surface area contributed by atoms with E-state index >= 15 is 0 Å². The van der Waals surface area contributed by atoms with Gasteiger partial charge < -0.3 is 16.0 Å². The van der Waals surface area contributed by atoms with Crippen LogP contribution in [0, 0.1) is 6.92 Å². The first-order valence-corrected chi connectivity index (χ1v) is 4.55. The average molecular weight is 182 g/mol. The molecule has 74 valence electrons. The molecule has 1 aromatic rings. The van der Waals surface area contributed by atoms with Gasteiger partial charge in [0.1, 0.15) is 11.6 Å². The van der Waals surface area contributed by atoms with E-state index in [0.717, 1.165) is 18.1 Å². The molecule has 0 saturated heterocycles. The average Bonchev–Trinajstić information content (AvgIpc) is 2.30. The van der Waals surface area contributed by atoms with E-state index in [0.29, 0.717) is 5.82 Å². The molecule has 0 aliphatic rings. The van der Waals surface area contributed by atoms with Gasteiger partial charge in [0.05, 0.1) is 0 Å². The van der Waals surface area contributed by atoms with Gasteiger partial charge in [0, 0.05) is 5.54 Å². The number of aryl methyl sites for hydroxylation is 1. The Morgan fingerprint density at radius 2 is 2.15 bits per heavy atom. The molecule has 1 aromatic heterocycles. The van der Waals surface area contributed by atoms with Crippen LogP contribution in [0.5, 0.6) is 0 Å². The molecular formula is C9H18N4. The number of nitrogens with two attached hydrogens (primary N) is 1. The number of nitrogens with one attached hydrogen (secondary N) is 2. The normalized spacial score (nSPS) is 11.7. The SMILES string of the molecule is CCC(C)(C)Nc1nc(C)[nH]c1N. The molecule has 0 bridgehead atoms. The van der Waals surface area contributed by atoms with Crippen molar-refractivity contribution in [2.24, 2.45) is 0 Å². The zero-order valence-electron chi connectivity index (χ0n) is 8.73. The third-order valence-corrected chi connectivity index (χ3v) is 2.19. The predicted molar refractivity (Wildman–Crippen MR) is 55.7 cm³/mol. The Morgan fingerprint density at radius 3 is 2.54 bits per heavy atom. The van der Waals surface area contributed by atoms with Crippen LogP contribution in [0.2, 0.25) is 0 Å². The van der Waals surface area contributed by atoms with Crippen molar-refractivity contribution >= 4 is 11.6 Å². The Balaban J connectivity index is 2.79. The molecule has 0 spiro atoms. The topological polar surface area (TPSA) is 66.7 Å². The number of rotatable bonds is 3. The Hall–Kier alpha value is -1.19. The van der Waals surface area contributed by atoms with Gasteiger partial charge in [0.2, 0.25) is 0 Å². The Labute approximate surface area is 78.9 Å². The van der Waals surface area contributed by atoms with Gasteiger partial charge in [0.15, 0.2) is 5.82 Å². The first-order valence-electron chi connectivity index (χ1n) is 4.55. The van der Waals surface area contributed by atoms with Crippen molar-refractivity contribution in [3.63, 3.8) is 0 Å². The van der Waals surface area contributed by atoms with Crippen molar-refractivity contribution in [1.82, 2.24) is 9.97 Å². The molecule has 4 heteroatoms. The van der Waals surface area contributed by atoms with E-state index in [9.17, 15) is 0 Å². The minimum atomic E-state index is 0.0375. The summed E-state index contributed by atoms with van der Waals surface area (Å²) in [6.07, 6.45) is 1.03. The van der Waals surface area contributed by atoms with Crippen molar-refractivity contribution in [1.29, 1.82) is 0 Å². The fourth-order valence-corrected chi connectivity index (χ4v) is 1.01. The summed E-state index contributed by atoms with van der Waals surface area (Å²) >= 11 is 0. The van der Waals surface area contributed by atoms with Crippen molar-refractivity contribution < 1.29 is 0 Å². The maximum absolute atomic E-state index is 5.72. The highest BCUT2D eigenvalue weighted by molar-refractivity contribution is 5.58. The molecule has 0 aliphatic heterocycles. The second kappa shape index (κ2) is 3.28. The largest absolute Gasteiger partial charge is 0.382 e. The molecule has 0 amide bonds. The molecule has 0 aliphatic carbocycles. The third kappa shape index (κ3) is 2.37. The van der Waals surface area contributed by atoms with E-state index in [2.05, 4.69) is 36.1 Å². The fourth-order valence-electron chi connectivity index (χ4n) is 1.01. The van der Waals surface area contributed by atoms with Crippen LogP contribution in [0.4, 0.5) is 11.6 Å². The first-order chi connectivity index (χ1) is 5.94. The Bertz CT molecular complexity index is 288. The number of nitrogens with zero attached hydrogens (tertiary/aromatic N) is 1. The summed E-state index contributed by atoms with van der Waals surface area (Å²) in [7, 11) is 0. The van der Waals surface area contributed by atoms with Crippen LogP contribution >= 0.6 is 0 Å². The van der Waals surface area contributed by atoms with Gasteiger partial charge in [-0.1, -0.05) is 6.92 Å². The van der Waals surface area contributed by atoms with Crippen molar-refractivity contribution in [3.05, 3.63) is 5.82 Å². The summed E-state index contributed by atoms with van der Waals surface area (Å²) in [5.74, 6) is 2.20. The molecule has 4 nitrogen and oxygen atoms in total. The van der Waals surface area contributed by atoms with Gasteiger partial charge in [-0.05, 0) is 27.2 Å². The minimum absolute atomic E-state index is 0.0375. The van der Waals surface area contributed by atoms with E-state index in [1.54, 1.807) is 0 Å². The Kier molecular flexibility index (Phi) is 2.50. The van der Waals surface area contributed by atoms with E-state index in [1.807, 2.05) is 6.92 Å². The van der Waals surface area contributed by atoms with E-state index in [-0.39, 0.29) is 5.54 Å². The lowest BCUT2D eigenvalue weighted by atomic mass is 10.0. The first kappa shape index (κ1) is 9.89. The van der Waals surface area contributed by atoms with Crippen molar-refractivity contribution in [2.75, 3.05) is 11.1 Å². The van der Waals surface area contributed by atoms with Crippen molar-refractivity contribution in [2.45, 2.75) is 39.7 Å². The number of H-pyrrole nitrogens is 1. The number of aromatic amines is 1. The van der Waals surface area contributed by atoms with Gasteiger partial charge in [0.25, 0.3) is 0 Å². The second-order valence-corrected chi connectivity index (χ2v) is 3.95. The van der Waals surface area contributed by atoms with Gasteiger partial charge >= 0.3 is 0 Å². The maximum Gasteiger partial charge on any atom is 0.169 e. The summed E-state index contributed by atoms with van der Waals surface area (Å²) < 4.78 is 0. The summed E-state index contributed by atoms with van der Waals surface area (Å²) in [5.41, 5.74) is 5.76. The number of aromatic nitrogens is 2. The van der Waals surface area contributed by atoms with Gasteiger partial charge in [-0.3, -0.25) is 0 Å². The molecule has 13 heavy (non-hydrogen) atoms. The molecular weight excluding hydrogens is 164 g/mol. The van der Waals surface area contributed by atoms with Crippen LogP contribution in [0.25, 0.3) is 0 Å². The van der Waals surface area contributed by atoms with E-state index in [4.69, 9.17) is 5.73 Å². The highest BCUT2D eigenvalue weighted by atomic mass is 15.1. The summed E-state index contributed by atoms with van der Waals surface area (Å²) in [4.78, 5) is 7.21. The van der Waals surface area contributed by atoms with Crippen LogP contribution in [0.1, 0.15) is 33.0 Å². The maximum atomic E-state index is 5.72. The van der Waals surface area contributed by atoms with Gasteiger partial charge in [-0.2, -0.15) is 0 Å². The molecule has 0 radical (unpaired) electrons. The van der Waals surface area contributed by atoms with E-state index < -0.39 is 0 Å². The van der Waals surface area contributed by atoms with Gasteiger partial charge in [-0.25, -0.2) is 4.98 Å². The highest BCUT2D eigenvalue weighted by Gasteiger charge is 2.17. The number of hydrogen-bond donors (Lipinski definition) is 3. The quantitative estimate of drug-likeness (QED) is 0.668. The van der Waals surface area contributed by atoms with Crippen LogP contribution in [-0.4, -0.2) is 15.5 Å². The van der Waals surface area contributed by atoms with Crippen LogP contribution in [0.3, 0.4) is 0 Å². The minimum Gasteiger partial charge on any atom is -0.382 e. The summed E-state index contributed by atoms with van der Waals surface area (Å²) in [5, 5.41) is 3.29. The molecule has 0 saturated carbocycles. The monoisotopic (exact) mass is 182 g/mol. The summed E-state index contributed by atoms with van der Waals surface area (Å²) in [6.45, 7) is 8.26. The summed E-state index contributed by atoms with van der Waals surface area (Å²) in [6, 6.07) is 0. The molecule has 4 N–H and O–H groups in total. The van der Waals surface area contributed by atoms with Crippen LogP contribution < -0.4 is 11.1 Å². The fraction of sp³-hybridized carbons (Fsp3) is 0.667. The lowest BCUT2D eigenvalue weighted by Crippen LogP contribution is -2.30. The zero-order chi connectivity index (χ0) is 10.1. The Morgan fingerprint density at radius 1 is 1.54 bits per heavy atom. The van der Waals surface area contributed by atoms with Crippen LogP contribution in [-0.2, 0) is 0 Å². The standard InChI is InChI=1S/C9H18N4/c1-5-9(3,4)13-8-7(10)11-6(2)12-8/h13H,5,10H2,1-4H3,(H,11,12). The predicted octanol–water partition coefficient (Wildman–Crippen LogP) is 1.90. The lowest BCUT2D eigenvalue weighted by Gasteiger charge is -2.24. The lowest BCUT2D eigenvalue weighted by molar-refractivity contribution is 0.545. The van der Waals surface area contributed by atoms with E-state index in [1.165, 1.54) is 0 Å². The molecule has 0 atom stereocenters. The number of imidazole rings is 1. The van der Waals surface area contributed by atoms with Gasteiger partial charge in [-0.15, -0.1) is 0 Å². The van der Waals surface area contributed by atoms with Crippen molar-refractivity contribution in [3.8, 4) is 0 Å². The molecule has 0 aromatic carbocycles. The third-order valence-electron chi connectivity index (χ3n) is 2.19. The smallest absolute Gasteiger partial charge is 0.169 e. The molecule has 0 fully saturated rings. The highest BCUT2D eigenvalue weighted by Crippen LogP contribution is 2.20.